The van der Waals surface area contributed by atoms with Gasteiger partial charge in [-0.2, -0.15) is 5.10 Å². The lowest BCUT2D eigenvalue weighted by Crippen LogP contribution is -2.43. The van der Waals surface area contributed by atoms with E-state index in [-0.39, 0.29) is 23.7 Å². The van der Waals surface area contributed by atoms with Crippen LogP contribution in [0.4, 0.5) is 0 Å². The summed E-state index contributed by atoms with van der Waals surface area (Å²) in [7, 11) is 0. The maximum Gasteiger partial charge on any atom is 0.310 e. The van der Waals surface area contributed by atoms with Crippen molar-refractivity contribution in [3.63, 3.8) is 0 Å². The molecule has 2 heterocycles. The highest BCUT2D eigenvalue weighted by Gasteiger charge is 2.32. The largest absolute Gasteiger partial charge is 0.466 e. The van der Waals surface area contributed by atoms with Crippen molar-refractivity contribution < 1.29 is 14.3 Å². The second-order valence-corrected chi connectivity index (χ2v) is 7.77. The molecule has 1 fully saturated rings. The number of piperidine rings is 1. The summed E-state index contributed by atoms with van der Waals surface area (Å²) in [6, 6.07) is 7.40. The first-order valence-corrected chi connectivity index (χ1v) is 10.1. The Balaban J connectivity index is 1.89. The first kappa shape index (κ1) is 20.4. The van der Waals surface area contributed by atoms with E-state index >= 15 is 0 Å². The van der Waals surface area contributed by atoms with Crippen LogP contribution in [-0.4, -0.2) is 46.3 Å². The molecule has 0 bridgehead atoms. The van der Waals surface area contributed by atoms with Crippen molar-refractivity contribution in [2.45, 2.75) is 39.5 Å². The van der Waals surface area contributed by atoms with Crippen molar-refractivity contribution in [2.24, 2.45) is 5.92 Å². The van der Waals surface area contributed by atoms with Crippen LogP contribution in [0.15, 0.2) is 30.5 Å². The van der Waals surface area contributed by atoms with Gasteiger partial charge in [-0.1, -0.05) is 31.5 Å². The lowest BCUT2D eigenvalue weighted by atomic mass is 9.97. The number of nitrogens with zero attached hydrogens (tertiary/aromatic N) is 3. The number of aromatic nitrogens is 2. The Bertz CT molecular complexity index is 862. The van der Waals surface area contributed by atoms with E-state index in [0.29, 0.717) is 30.3 Å². The summed E-state index contributed by atoms with van der Waals surface area (Å²) in [6.45, 7) is 7.24. The van der Waals surface area contributed by atoms with Gasteiger partial charge in [0.05, 0.1) is 35.7 Å². The van der Waals surface area contributed by atoms with Gasteiger partial charge in [-0.05, 0) is 43.9 Å². The number of rotatable bonds is 5. The molecule has 0 aliphatic carbocycles. The number of hydrogen-bond donors (Lipinski definition) is 0. The number of likely N-dealkylation sites (tertiary alicyclic amines) is 1. The van der Waals surface area contributed by atoms with Crippen LogP contribution in [0.25, 0.3) is 5.69 Å². The van der Waals surface area contributed by atoms with Gasteiger partial charge in [-0.3, -0.25) is 9.59 Å². The van der Waals surface area contributed by atoms with Crippen molar-refractivity contribution in [1.82, 2.24) is 14.7 Å². The highest BCUT2D eigenvalue weighted by atomic mass is 35.5. The van der Waals surface area contributed by atoms with E-state index < -0.39 is 0 Å². The maximum atomic E-state index is 13.3. The lowest BCUT2D eigenvalue weighted by molar-refractivity contribution is -0.149. The molecular weight excluding hydrogens is 378 g/mol. The third kappa shape index (κ3) is 4.22. The standard InChI is InChI=1S/C21H26ClN3O3/c1-4-28-21(27)15-7-6-10-24(13-15)20(26)18-12-23-25(19(18)14(2)3)17-9-5-8-16(22)11-17/h5,8-9,11-12,14-15H,4,6-7,10,13H2,1-3H3/t15-/m1/s1. The first-order chi connectivity index (χ1) is 13.4. The van der Waals surface area contributed by atoms with Gasteiger partial charge in [0.1, 0.15) is 0 Å². The molecule has 0 saturated carbocycles. The molecule has 3 rings (SSSR count). The minimum absolute atomic E-state index is 0.0890. The number of carbonyl (C=O) groups excluding carboxylic acids is 2. The van der Waals surface area contributed by atoms with Gasteiger partial charge in [0.25, 0.3) is 5.91 Å². The summed E-state index contributed by atoms with van der Waals surface area (Å²) in [5, 5.41) is 5.08. The van der Waals surface area contributed by atoms with E-state index in [4.69, 9.17) is 16.3 Å². The number of carbonyl (C=O) groups is 2. The van der Waals surface area contributed by atoms with E-state index in [1.807, 2.05) is 32.0 Å². The van der Waals surface area contributed by atoms with Crippen LogP contribution in [0.1, 0.15) is 55.6 Å². The van der Waals surface area contributed by atoms with Crippen molar-refractivity contribution in [3.05, 3.63) is 46.7 Å². The van der Waals surface area contributed by atoms with Crippen LogP contribution >= 0.6 is 11.6 Å². The van der Waals surface area contributed by atoms with E-state index in [0.717, 1.165) is 24.2 Å². The van der Waals surface area contributed by atoms with Gasteiger partial charge in [0.2, 0.25) is 0 Å². The van der Waals surface area contributed by atoms with E-state index in [9.17, 15) is 9.59 Å². The van der Waals surface area contributed by atoms with Gasteiger partial charge in [0.15, 0.2) is 0 Å². The summed E-state index contributed by atoms with van der Waals surface area (Å²) in [5.41, 5.74) is 2.23. The van der Waals surface area contributed by atoms with Crippen molar-refractivity contribution in [1.29, 1.82) is 0 Å². The van der Waals surface area contributed by atoms with Crippen molar-refractivity contribution in [3.8, 4) is 5.69 Å². The van der Waals surface area contributed by atoms with Crippen LogP contribution < -0.4 is 0 Å². The predicted molar refractivity (Wildman–Crippen MR) is 108 cm³/mol. The Morgan fingerprint density at radius 2 is 2.14 bits per heavy atom. The minimum Gasteiger partial charge on any atom is -0.466 e. The van der Waals surface area contributed by atoms with Crippen LogP contribution in [0.5, 0.6) is 0 Å². The lowest BCUT2D eigenvalue weighted by Gasteiger charge is -2.31. The summed E-state index contributed by atoms with van der Waals surface area (Å²) in [5.74, 6) is -0.487. The molecule has 0 N–H and O–H groups in total. The quantitative estimate of drug-likeness (QED) is 0.706. The summed E-state index contributed by atoms with van der Waals surface area (Å²) >= 11 is 6.13. The SMILES string of the molecule is CCOC(=O)[C@@H]1CCCN(C(=O)c2cnn(-c3cccc(Cl)c3)c2C(C)C)C1. The molecule has 0 unspecified atom stereocenters. The molecule has 2 aromatic rings. The van der Waals surface area contributed by atoms with E-state index in [2.05, 4.69) is 5.10 Å². The van der Waals surface area contributed by atoms with Crippen LogP contribution in [0, 0.1) is 5.92 Å². The van der Waals surface area contributed by atoms with Gasteiger partial charge in [-0.15, -0.1) is 0 Å². The fourth-order valence-electron chi connectivity index (χ4n) is 3.68. The van der Waals surface area contributed by atoms with E-state index in [1.54, 1.807) is 28.8 Å². The predicted octanol–water partition coefficient (Wildman–Crippen LogP) is 4.06. The Morgan fingerprint density at radius 1 is 1.36 bits per heavy atom. The molecule has 6 nitrogen and oxygen atoms in total. The minimum atomic E-state index is -0.261. The molecule has 1 aromatic carbocycles. The summed E-state index contributed by atoms with van der Waals surface area (Å²) in [4.78, 5) is 27.1. The molecule has 1 amide bonds. The molecule has 1 aliphatic rings. The third-order valence-electron chi connectivity index (χ3n) is 4.97. The molecule has 1 aliphatic heterocycles. The number of hydrogen-bond acceptors (Lipinski definition) is 4. The second kappa shape index (κ2) is 8.78. The Hall–Kier alpha value is -2.34. The van der Waals surface area contributed by atoms with Gasteiger partial charge < -0.3 is 9.64 Å². The molecule has 7 heteroatoms. The third-order valence-corrected chi connectivity index (χ3v) is 5.20. The summed E-state index contributed by atoms with van der Waals surface area (Å²) in [6.07, 6.45) is 3.16. The topological polar surface area (TPSA) is 64.4 Å². The van der Waals surface area contributed by atoms with Crippen LogP contribution in [0.3, 0.4) is 0 Å². The number of ether oxygens (including phenoxy) is 1. The number of amides is 1. The molecule has 1 aromatic heterocycles. The average molecular weight is 404 g/mol. The smallest absolute Gasteiger partial charge is 0.310 e. The zero-order chi connectivity index (χ0) is 20.3. The Morgan fingerprint density at radius 3 is 2.82 bits per heavy atom. The fourth-order valence-corrected chi connectivity index (χ4v) is 3.86. The highest BCUT2D eigenvalue weighted by molar-refractivity contribution is 6.30. The molecule has 1 atom stereocenters. The van der Waals surface area contributed by atoms with Gasteiger partial charge in [0, 0.05) is 18.1 Å². The highest BCUT2D eigenvalue weighted by Crippen LogP contribution is 2.27. The number of halogens is 1. The molecule has 0 radical (unpaired) electrons. The number of benzene rings is 1. The molecular formula is C21H26ClN3O3. The zero-order valence-corrected chi connectivity index (χ0v) is 17.3. The molecule has 28 heavy (non-hydrogen) atoms. The van der Waals surface area contributed by atoms with Crippen molar-refractivity contribution in [2.75, 3.05) is 19.7 Å². The fraction of sp³-hybridized carbons (Fsp3) is 0.476. The van der Waals surface area contributed by atoms with E-state index in [1.165, 1.54) is 0 Å². The van der Waals surface area contributed by atoms with Crippen molar-refractivity contribution >= 4 is 23.5 Å². The molecule has 0 spiro atoms. The molecule has 1 saturated heterocycles. The number of esters is 1. The molecule has 150 valence electrons. The average Bonchev–Trinajstić information content (AvgIpc) is 3.13. The maximum absolute atomic E-state index is 13.3. The Labute approximate surface area is 170 Å². The second-order valence-electron chi connectivity index (χ2n) is 7.33. The monoisotopic (exact) mass is 403 g/mol. The summed E-state index contributed by atoms with van der Waals surface area (Å²) < 4.78 is 6.92. The van der Waals surface area contributed by atoms with Gasteiger partial charge in [-0.25, -0.2) is 4.68 Å². The van der Waals surface area contributed by atoms with Gasteiger partial charge >= 0.3 is 5.97 Å². The Kier molecular flexibility index (Phi) is 6.39. The van der Waals surface area contributed by atoms with Crippen LogP contribution in [-0.2, 0) is 9.53 Å². The first-order valence-electron chi connectivity index (χ1n) is 9.72. The van der Waals surface area contributed by atoms with Crippen LogP contribution in [0.2, 0.25) is 5.02 Å². The zero-order valence-electron chi connectivity index (χ0n) is 16.5. The normalized spacial score (nSPS) is 17.0.